The summed E-state index contributed by atoms with van der Waals surface area (Å²) in [6.45, 7) is 6.33. The normalized spacial score (nSPS) is 36.7. The smallest absolute Gasteiger partial charge is 0.408 e. The van der Waals surface area contributed by atoms with Gasteiger partial charge in [0.25, 0.3) is 0 Å². The number of carbonyl (C=O) groups is 1. The summed E-state index contributed by atoms with van der Waals surface area (Å²) in [4.78, 5) is 11.7. The summed E-state index contributed by atoms with van der Waals surface area (Å²) in [6.07, 6.45) is 1.13. The van der Waals surface area contributed by atoms with Gasteiger partial charge in [0, 0.05) is 12.6 Å². The predicted molar refractivity (Wildman–Crippen MR) is 63.7 cm³/mol. The number of aliphatic hydroxyl groups excluding tert-OH is 1. The Morgan fingerprint density at radius 3 is 2.59 bits per heavy atom. The number of rotatable bonds is 1. The third kappa shape index (κ3) is 2.90. The Hall–Kier alpha value is -0.810. The molecule has 3 fully saturated rings. The van der Waals surface area contributed by atoms with Crippen LogP contribution in [0.15, 0.2) is 0 Å². The molecule has 5 nitrogen and oxygen atoms in total. The third-order valence-electron chi connectivity index (χ3n) is 3.46. The highest BCUT2D eigenvalue weighted by Gasteiger charge is 2.43. The lowest BCUT2D eigenvalue weighted by Crippen LogP contribution is -2.67. The van der Waals surface area contributed by atoms with Crippen molar-refractivity contribution in [3.8, 4) is 0 Å². The van der Waals surface area contributed by atoms with E-state index in [0.29, 0.717) is 0 Å². The van der Waals surface area contributed by atoms with E-state index in [9.17, 15) is 9.90 Å². The summed E-state index contributed by atoms with van der Waals surface area (Å²) in [5, 5.41) is 16.2. The molecule has 2 heterocycles. The fourth-order valence-corrected chi connectivity index (χ4v) is 2.66. The SMILES string of the molecule is CC(C)(C)OC(=O)N[C@H]1[C@H](O)[C@H]2CC[C@H]1NC2. The Balaban J connectivity index is 1.92. The van der Waals surface area contributed by atoms with Crippen LogP contribution in [0.25, 0.3) is 0 Å². The molecule has 0 radical (unpaired) electrons. The molecule has 98 valence electrons. The Morgan fingerprint density at radius 2 is 2.12 bits per heavy atom. The molecule has 0 aromatic heterocycles. The molecule has 3 N–H and O–H groups in total. The van der Waals surface area contributed by atoms with E-state index in [1.165, 1.54) is 0 Å². The van der Waals surface area contributed by atoms with Gasteiger partial charge in [-0.1, -0.05) is 0 Å². The maximum Gasteiger partial charge on any atom is 0.408 e. The average molecular weight is 242 g/mol. The summed E-state index contributed by atoms with van der Waals surface area (Å²) >= 11 is 0. The number of hydrogen-bond donors (Lipinski definition) is 3. The molecular weight excluding hydrogens is 220 g/mol. The lowest BCUT2D eigenvalue weighted by molar-refractivity contribution is -0.0176. The number of carbonyl (C=O) groups excluding carboxylic acids is 1. The molecule has 0 aromatic carbocycles. The number of nitrogens with one attached hydrogen (secondary N) is 2. The van der Waals surface area contributed by atoms with Gasteiger partial charge in [-0.3, -0.25) is 0 Å². The van der Waals surface area contributed by atoms with Crippen LogP contribution in [0.2, 0.25) is 0 Å². The first-order valence-corrected chi connectivity index (χ1v) is 6.28. The first-order valence-electron chi connectivity index (χ1n) is 6.28. The summed E-state index contributed by atoms with van der Waals surface area (Å²) in [5.74, 6) is 0.250. The third-order valence-corrected chi connectivity index (χ3v) is 3.46. The van der Waals surface area contributed by atoms with E-state index in [1.54, 1.807) is 0 Å². The van der Waals surface area contributed by atoms with E-state index in [-0.39, 0.29) is 18.0 Å². The fourth-order valence-electron chi connectivity index (χ4n) is 2.66. The van der Waals surface area contributed by atoms with Gasteiger partial charge < -0.3 is 20.5 Å². The van der Waals surface area contributed by atoms with E-state index >= 15 is 0 Å². The van der Waals surface area contributed by atoms with Gasteiger partial charge in [0.15, 0.2) is 0 Å². The molecule has 2 saturated heterocycles. The molecule has 1 aliphatic carbocycles. The van der Waals surface area contributed by atoms with Gasteiger partial charge in [-0.15, -0.1) is 0 Å². The van der Waals surface area contributed by atoms with Crippen LogP contribution in [-0.4, -0.2) is 41.5 Å². The molecule has 1 saturated carbocycles. The molecule has 3 rings (SSSR count). The highest BCUT2D eigenvalue weighted by atomic mass is 16.6. The van der Waals surface area contributed by atoms with Gasteiger partial charge in [0.2, 0.25) is 0 Å². The Labute approximate surface area is 102 Å². The number of alkyl carbamates (subject to hydrolysis) is 1. The molecule has 0 unspecified atom stereocenters. The second-order valence-electron chi connectivity index (χ2n) is 6.01. The largest absolute Gasteiger partial charge is 0.444 e. The summed E-state index contributed by atoms with van der Waals surface area (Å²) in [5.41, 5.74) is -0.504. The van der Waals surface area contributed by atoms with Gasteiger partial charge >= 0.3 is 6.09 Å². The molecule has 2 bridgehead atoms. The molecule has 0 spiro atoms. The Bertz CT molecular complexity index is 291. The van der Waals surface area contributed by atoms with Gasteiger partial charge in [-0.25, -0.2) is 4.79 Å². The zero-order valence-corrected chi connectivity index (χ0v) is 10.7. The lowest BCUT2D eigenvalue weighted by atomic mass is 9.76. The number of ether oxygens (including phenoxy) is 1. The minimum atomic E-state index is -0.504. The van der Waals surface area contributed by atoms with Gasteiger partial charge in [-0.2, -0.15) is 0 Å². The van der Waals surface area contributed by atoms with Crippen LogP contribution in [0.5, 0.6) is 0 Å². The Morgan fingerprint density at radius 1 is 1.41 bits per heavy atom. The summed E-state index contributed by atoms with van der Waals surface area (Å²) in [6, 6.07) is -0.0557. The molecule has 1 amide bonds. The van der Waals surface area contributed by atoms with Crippen molar-refractivity contribution in [2.45, 2.75) is 57.4 Å². The van der Waals surface area contributed by atoms with Crippen molar-refractivity contribution < 1.29 is 14.6 Å². The number of fused-ring (bicyclic) bond motifs is 3. The van der Waals surface area contributed by atoms with Crippen LogP contribution < -0.4 is 10.6 Å². The standard InChI is InChI=1S/C12H22N2O3/c1-12(2,3)17-11(16)14-9-8-5-4-7(6-13-8)10(9)15/h7-10,13,15H,4-6H2,1-3H3,(H,14,16)/t7-,8+,9+,10+/m0/s1. The summed E-state index contributed by atoms with van der Waals surface area (Å²) in [7, 11) is 0. The molecule has 3 aliphatic rings. The van der Waals surface area contributed by atoms with Crippen LogP contribution in [0.4, 0.5) is 4.79 Å². The minimum Gasteiger partial charge on any atom is -0.444 e. The molecule has 2 aliphatic heterocycles. The van der Waals surface area contributed by atoms with Crippen LogP contribution in [0.1, 0.15) is 33.6 Å². The first kappa shape index (κ1) is 12.6. The van der Waals surface area contributed by atoms with Crippen molar-refractivity contribution in [3.05, 3.63) is 0 Å². The van der Waals surface area contributed by atoms with Crippen LogP contribution in [0, 0.1) is 5.92 Å². The van der Waals surface area contributed by atoms with Crippen LogP contribution in [-0.2, 0) is 4.74 Å². The maximum atomic E-state index is 11.7. The second-order valence-corrected chi connectivity index (χ2v) is 6.01. The number of aliphatic hydroxyl groups is 1. The number of piperidine rings is 2. The van der Waals surface area contributed by atoms with Gasteiger partial charge in [0.05, 0.1) is 12.1 Å². The quantitative estimate of drug-likeness (QED) is 0.630. The van der Waals surface area contributed by atoms with E-state index in [1.807, 2.05) is 20.8 Å². The van der Waals surface area contributed by atoms with Crippen molar-refractivity contribution in [3.63, 3.8) is 0 Å². The lowest BCUT2D eigenvalue weighted by Gasteiger charge is -2.46. The average Bonchev–Trinajstić information content (AvgIpc) is 2.21. The van der Waals surface area contributed by atoms with Crippen LogP contribution >= 0.6 is 0 Å². The fraction of sp³-hybridized carbons (Fsp3) is 0.917. The van der Waals surface area contributed by atoms with Crippen molar-refractivity contribution in [2.24, 2.45) is 5.92 Å². The van der Waals surface area contributed by atoms with Crippen LogP contribution in [0.3, 0.4) is 0 Å². The zero-order chi connectivity index (χ0) is 12.6. The van der Waals surface area contributed by atoms with E-state index in [0.717, 1.165) is 19.4 Å². The maximum absolute atomic E-state index is 11.7. The number of amides is 1. The predicted octanol–water partition coefficient (Wildman–Crippen LogP) is 0.622. The Kier molecular flexibility index (Phi) is 3.32. The van der Waals surface area contributed by atoms with E-state index < -0.39 is 17.8 Å². The summed E-state index contributed by atoms with van der Waals surface area (Å²) < 4.78 is 5.21. The molecule has 0 aromatic rings. The van der Waals surface area contributed by atoms with Gasteiger partial charge in [-0.05, 0) is 39.5 Å². The first-order chi connectivity index (χ1) is 7.87. The van der Waals surface area contributed by atoms with Crippen molar-refractivity contribution in [1.29, 1.82) is 0 Å². The topological polar surface area (TPSA) is 70.6 Å². The second kappa shape index (κ2) is 4.46. The molecule has 4 atom stereocenters. The van der Waals surface area contributed by atoms with Crippen molar-refractivity contribution in [2.75, 3.05) is 6.54 Å². The highest BCUT2D eigenvalue weighted by Crippen LogP contribution is 2.29. The van der Waals surface area contributed by atoms with E-state index in [2.05, 4.69) is 10.6 Å². The zero-order valence-electron chi connectivity index (χ0n) is 10.7. The number of hydrogen-bond acceptors (Lipinski definition) is 4. The monoisotopic (exact) mass is 242 g/mol. The molecule has 17 heavy (non-hydrogen) atoms. The van der Waals surface area contributed by atoms with Crippen molar-refractivity contribution >= 4 is 6.09 Å². The highest BCUT2D eigenvalue weighted by molar-refractivity contribution is 5.68. The minimum absolute atomic E-state index is 0.169. The van der Waals surface area contributed by atoms with Gasteiger partial charge in [0.1, 0.15) is 5.60 Å². The molecular formula is C12H22N2O3. The molecule has 5 heteroatoms. The van der Waals surface area contributed by atoms with Crippen molar-refractivity contribution in [1.82, 2.24) is 10.6 Å². The van der Waals surface area contributed by atoms with E-state index in [4.69, 9.17) is 4.74 Å².